The number of hydrogen-bond acceptors (Lipinski definition) is 6. The summed E-state index contributed by atoms with van der Waals surface area (Å²) in [5.41, 5.74) is 0. The van der Waals surface area contributed by atoms with Crippen LogP contribution in [0.5, 0.6) is 0 Å². The maximum atomic E-state index is 10.1. The van der Waals surface area contributed by atoms with Crippen molar-refractivity contribution in [3.05, 3.63) is 0 Å². The van der Waals surface area contributed by atoms with Gasteiger partial charge in [0.25, 0.3) is 0 Å². The number of carboxylic acid groups (broad SMARTS) is 2. The SMILES string of the molecule is O=C(O)CCCCCCC(=O)O.O=C1CCC(=O)N1.O=C1CCC(=O)N1. The normalized spacial score (nSPS) is 15.2. The molecular weight excluding hydrogens is 348 g/mol. The van der Waals surface area contributed by atoms with Crippen molar-refractivity contribution >= 4 is 35.6 Å². The highest BCUT2D eigenvalue weighted by atomic mass is 16.4. The summed E-state index contributed by atoms with van der Waals surface area (Å²) in [5, 5.41) is 20.8. The fourth-order valence-electron chi connectivity index (χ4n) is 1.92. The van der Waals surface area contributed by atoms with E-state index in [4.69, 9.17) is 10.2 Å². The molecule has 2 fully saturated rings. The molecule has 2 aliphatic rings. The molecule has 0 unspecified atom stereocenters. The first-order valence-electron chi connectivity index (χ1n) is 8.29. The van der Waals surface area contributed by atoms with Gasteiger partial charge in [0.1, 0.15) is 0 Å². The lowest BCUT2D eigenvalue weighted by atomic mass is 10.1. The smallest absolute Gasteiger partial charge is 0.303 e. The molecule has 10 nitrogen and oxygen atoms in total. The number of rotatable bonds is 7. The van der Waals surface area contributed by atoms with Gasteiger partial charge in [-0.2, -0.15) is 0 Å². The van der Waals surface area contributed by atoms with E-state index in [1.54, 1.807) is 0 Å². The van der Waals surface area contributed by atoms with E-state index in [1.807, 2.05) is 0 Å². The van der Waals surface area contributed by atoms with Crippen LogP contribution in [-0.4, -0.2) is 45.8 Å². The van der Waals surface area contributed by atoms with Crippen LogP contribution < -0.4 is 10.6 Å². The van der Waals surface area contributed by atoms with Crippen LogP contribution in [0.15, 0.2) is 0 Å². The average molecular weight is 372 g/mol. The van der Waals surface area contributed by atoms with Crippen molar-refractivity contribution in [2.24, 2.45) is 0 Å². The molecule has 2 aliphatic heterocycles. The number of carboxylic acids is 2. The second kappa shape index (κ2) is 13.5. The number of aliphatic carboxylic acids is 2. The number of amides is 4. The molecule has 0 saturated carbocycles. The fraction of sp³-hybridized carbons (Fsp3) is 0.625. The summed E-state index contributed by atoms with van der Waals surface area (Å²) in [4.78, 5) is 60.6. The molecule has 2 rings (SSSR count). The van der Waals surface area contributed by atoms with E-state index in [-0.39, 0.29) is 36.5 Å². The van der Waals surface area contributed by atoms with Crippen LogP contribution in [0.2, 0.25) is 0 Å². The van der Waals surface area contributed by atoms with Crippen molar-refractivity contribution < 1.29 is 39.0 Å². The minimum Gasteiger partial charge on any atom is -0.481 e. The quantitative estimate of drug-likeness (QED) is 0.366. The Kier molecular flexibility index (Phi) is 12.1. The van der Waals surface area contributed by atoms with Gasteiger partial charge in [-0.1, -0.05) is 12.8 Å². The molecule has 0 aromatic carbocycles. The van der Waals surface area contributed by atoms with Crippen LogP contribution in [0.25, 0.3) is 0 Å². The third-order valence-corrected chi connectivity index (χ3v) is 3.25. The van der Waals surface area contributed by atoms with Gasteiger partial charge in [0.15, 0.2) is 0 Å². The zero-order valence-electron chi connectivity index (χ0n) is 14.4. The van der Waals surface area contributed by atoms with E-state index in [0.29, 0.717) is 38.5 Å². The monoisotopic (exact) mass is 372 g/mol. The van der Waals surface area contributed by atoms with Crippen molar-refractivity contribution in [2.75, 3.05) is 0 Å². The Labute approximate surface area is 150 Å². The lowest BCUT2D eigenvalue weighted by Crippen LogP contribution is -2.18. The number of hydrogen-bond donors (Lipinski definition) is 4. The van der Waals surface area contributed by atoms with Crippen molar-refractivity contribution in [3.63, 3.8) is 0 Å². The molecule has 4 amide bonds. The van der Waals surface area contributed by atoms with Crippen LogP contribution in [0.4, 0.5) is 0 Å². The Bertz CT molecular complexity index is 468. The summed E-state index contributed by atoms with van der Waals surface area (Å²) in [6.07, 6.45) is 4.78. The van der Waals surface area contributed by atoms with Gasteiger partial charge in [-0.3, -0.25) is 39.4 Å². The molecule has 0 aromatic heterocycles. The third-order valence-electron chi connectivity index (χ3n) is 3.25. The van der Waals surface area contributed by atoms with Gasteiger partial charge in [-0.15, -0.1) is 0 Å². The lowest BCUT2D eigenvalue weighted by molar-refractivity contribution is -0.138. The van der Waals surface area contributed by atoms with E-state index in [1.165, 1.54) is 0 Å². The van der Waals surface area contributed by atoms with E-state index in [0.717, 1.165) is 12.8 Å². The second-order valence-corrected chi connectivity index (χ2v) is 5.64. The zero-order valence-corrected chi connectivity index (χ0v) is 14.4. The number of unbranched alkanes of at least 4 members (excludes halogenated alkanes) is 3. The Morgan fingerprint density at radius 2 is 0.885 bits per heavy atom. The van der Waals surface area contributed by atoms with Crippen LogP contribution in [0.3, 0.4) is 0 Å². The van der Waals surface area contributed by atoms with Crippen molar-refractivity contribution in [1.29, 1.82) is 0 Å². The second-order valence-electron chi connectivity index (χ2n) is 5.64. The Morgan fingerprint density at radius 3 is 1.04 bits per heavy atom. The first-order valence-corrected chi connectivity index (χ1v) is 8.29. The minimum atomic E-state index is -0.784. The maximum Gasteiger partial charge on any atom is 0.303 e. The predicted octanol–water partition coefficient (Wildman–Crippen LogP) is 0.342. The fourth-order valence-corrected chi connectivity index (χ4v) is 1.92. The molecular formula is C16H24N2O8. The van der Waals surface area contributed by atoms with Crippen molar-refractivity contribution in [3.8, 4) is 0 Å². The van der Waals surface area contributed by atoms with Crippen molar-refractivity contribution in [1.82, 2.24) is 10.6 Å². The summed E-state index contributed by atoms with van der Waals surface area (Å²) < 4.78 is 0. The molecule has 26 heavy (non-hydrogen) atoms. The van der Waals surface area contributed by atoms with Gasteiger partial charge in [-0.25, -0.2) is 0 Å². The molecule has 0 bridgehead atoms. The maximum absolute atomic E-state index is 10.1. The molecule has 0 spiro atoms. The minimum absolute atomic E-state index is 0.148. The summed E-state index contributed by atoms with van der Waals surface area (Å²) in [5.74, 6) is -2.16. The van der Waals surface area contributed by atoms with Gasteiger partial charge in [0, 0.05) is 38.5 Å². The molecule has 146 valence electrons. The number of imide groups is 2. The standard InChI is InChI=1S/C8H14O4.2C4H5NO2/c9-7(10)5-3-1-2-4-6-8(11)12;2*6-3-1-2-4(7)5-3/h1-6H2,(H,9,10)(H,11,12);2*1-2H2,(H,5,6,7). The van der Waals surface area contributed by atoms with E-state index in [2.05, 4.69) is 10.6 Å². The lowest BCUT2D eigenvalue weighted by Gasteiger charge is -1.96. The van der Waals surface area contributed by atoms with Gasteiger partial charge >= 0.3 is 11.9 Å². The summed E-state index contributed by atoms with van der Waals surface area (Å²) >= 11 is 0. The van der Waals surface area contributed by atoms with Crippen LogP contribution in [0.1, 0.15) is 64.2 Å². The highest BCUT2D eigenvalue weighted by Gasteiger charge is 2.16. The first-order chi connectivity index (χ1) is 12.2. The molecule has 0 atom stereocenters. The highest BCUT2D eigenvalue weighted by molar-refractivity contribution is 6.02. The van der Waals surface area contributed by atoms with E-state index >= 15 is 0 Å². The number of carbonyl (C=O) groups excluding carboxylic acids is 4. The Morgan fingerprint density at radius 1 is 0.615 bits per heavy atom. The van der Waals surface area contributed by atoms with Gasteiger partial charge in [-0.05, 0) is 12.8 Å². The first kappa shape index (κ1) is 23.2. The Hall–Kier alpha value is -2.78. The van der Waals surface area contributed by atoms with Gasteiger partial charge in [0.05, 0.1) is 0 Å². The van der Waals surface area contributed by atoms with Crippen LogP contribution in [-0.2, 0) is 28.8 Å². The predicted molar refractivity (Wildman–Crippen MR) is 87.7 cm³/mol. The van der Waals surface area contributed by atoms with E-state index < -0.39 is 11.9 Å². The summed E-state index contributed by atoms with van der Waals surface area (Å²) in [6, 6.07) is 0. The number of nitrogens with one attached hydrogen (secondary N) is 2. The zero-order chi connectivity index (χ0) is 19.9. The molecule has 0 radical (unpaired) electrons. The summed E-state index contributed by atoms with van der Waals surface area (Å²) in [6.45, 7) is 0. The van der Waals surface area contributed by atoms with Gasteiger partial charge < -0.3 is 10.2 Å². The largest absolute Gasteiger partial charge is 0.481 e. The van der Waals surface area contributed by atoms with Gasteiger partial charge in [0.2, 0.25) is 23.6 Å². The molecule has 10 heteroatoms. The third kappa shape index (κ3) is 14.8. The molecule has 0 aromatic rings. The van der Waals surface area contributed by atoms with Crippen LogP contribution in [0, 0.1) is 0 Å². The van der Waals surface area contributed by atoms with E-state index in [9.17, 15) is 28.8 Å². The molecule has 2 heterocycles. The number of carbonyl (C=O) groups is 6. The van der Waals surface area contributed by atoms with Crippen LogP contribution >= 0.6 is 0 Å². The molecule has 0 aliphatic carbocycles. The average Bonchev–Trinajstić information content (AvgIpc) is 3.10. The highest BCUT2D eigenvalue weighted by Crippen LogP contribution is 2.04. The summed E-state index contributed by atoms with van der Waals surface area (Å²) in [7, 11) is 0. The van der Waals surface area contributed by atoms with Crippen molar-refractivity contribution in [2.45, 2.75) is 64.2 Å². The topological polar surface area (TPSA) is 167 Å². The Balaban J connectivity index is 0.000000381. The molecule has 2 saturated heterocycles. The molecule has 4 N–H and O–H groups in total.